The molecule has 2 aromatic carbocycles. The van der Waals surface area contributed by atoms with Crippen molar-refractivity contribution < 1.29 is 9.53 Å². The zero-order chi connectivity index (χ0) is 19.1. The molecule has 0 saturated carbocycles. The molecule has 0 atom stereocenters. The predicted octanol–water partition coefficient (Wildman–Crippen LogP) is 4.61. The minimum Gasteiger partial charge on any atom is -0.492 e. The average molecular weight is 359 g/mol. The van der Waals surface area contributed by atoms with E-state index in [0.717, 1.165) is 16.5 Å². The van der Waals surface area contributed by atoms with E-state index < -0.39 is 0 Å². The van der Waals surface area contributed by atoms with Crippen LogP contribution in [0, 0.1) is 11.3 Å². The van der Waals surface area contributed by atoms with E-state index >= 15 is 0 Å². The minimum absolute atomic E-state index is 0.226. The van der Waals surface area contributed by atoms with Gasteiger partial charge in [-0.1, -0.05) is 30.3 Å². The van der Waals surface area contributed by atoms with Gasteiger partial charge in [-0.2, -0.15) is 5.26 Å². The highest BCUT2D eigenvalue weighted by atomic mass is 16.5. The summed E-state index contributed by atoms with van der Waals surface area (Å²) in [4.78, 5) is 12.4. The summed E-state index contributed by atoms with van der Waals surface area (Å²) in [6.07, 6.45) is 5.72. The number of aryl methyl sites for hydroxylation is 1. The topological polar surface area (TPSA) is 67.0 Å². The molecule has 0 unspecified atom stereocenters. The number of para-hydroxylation sites is 3. The molecule has 1 heterocycles. The van der Waals surface area contributed by atoms with Crippen LogP contribution >= 0.6 is 0 Å². The highest BCUT2D eigenvalue weighted by molar-refractivity contribution is 6.04. The van der Waals surface area contributed by atoms with Gasteiger partial charge in [-0.3, -0.25) is 4.79 Å². The van der Waals surface area contributed by atoms with Gasteiger partial charge in [-0.15, -0.1) is 0 Å². The number of rotatable bonds is 7. The maximum absolute atomic E-state index is 12.4. The molecular formula is C22H21N3O2. The quantitative estimate of drug-likeness (QED) is 0.627. The van der Waals surface area contributed by atoms with Gasteiger partial charge in [-0.05, 0) is 31.2 Å². The van der Waals surface area contributed by atoms with E-state index in [1.54, 1.807) is 6.08 Å². The summed E-state index contributed by atoms with van der Waals surface area (Å²) in [5.74, 6) is 0.422. The van der Waals surface area contributed by atoms with Crippen LogP contribution in [0.15, 0.2) is 60.8 Å². The third kappa shape index (κ3) is 4.36. The lowest BCUT2D eigenvalue weighted by Crippen LogP contribution is -2.09. The molecule has 27 heavy (non-hydrogen) atoms. The first-order valence-corrected chi connectivity index (χ1v) is 8.88. The fraction of sp³-hybridized carbons (Fsp3) is 0.182. The molecular weight excluding hydrogens is 338 g/mol. The van der Waals surface area contributed by atoms with Crippen LogP contribution in [0.5, 0.6) is 5.75 Å². The van der Waals surface area contributed by atoms with Gasteiger partial charge in [-0.25, -0.2) is 0 Å². The molecule has 0 aliphatic rings. The lowest BCUT2D eigenvalue weighted by atomic mass is 10.1. The van der Waals surface area contributed by atoms with Crippen molar-refractivity contribution in [3.05, 3.63) is 66.4 Å². The number of hydrogen-bond acceptors (Lipinski definition) is 3. The highest BCUT2D eigenvalue weighted by Gasteiger charge is 2.08. The van der Waals surface area contributed by atoms with Gasteiger partial charge in [0.05, 0.1) is 24.8 Å². The van der Waals surface area contributed by atoms with Crippen molar-refractivity contribution in [3.63, 3.8) is 0 Å². The standard InChI is InChI=1S/C22H21N3O2/c1-2-27-21-11-6-4-9-19(21)24-22(26)13-12-17-16-25(15-7-14-23)20-10-5-3-8-18(17)20/h3-6,8-13,16H,2,7,15H2,1H3,(H,24,26)/b13-12+. The van der Waals surface area contributed by atoms with Crippen molar-refractivity contribution in [1.29, 1.82) is 5.26 Å². The number of carbonyl (C=O) groups excluding carboxylic acids is 1. The van der Waals surface area contributed by atoms with Gasteiger partial charge in [0.25, 0.3) is 0 Å². The second-order valence-electron chi connectivity index (χ2n) is 5.95. The number of hydrogen-bond donors (Lipinski definition) is 1. The molecule has 0 aliphatic heterocycles. The lowest BCUT2D eigenvalue weighted by molar-refractivity contribution is -0.111. The molecule has 1 amide bonds. The second kappa shape index (κ2) is 8.72. The Morgan fingerprint density at radius 3 is 2.81 bits per heavy atom. The molecule has 0 radical (unpaired) electrons. The summed E-state index contributed by atoms with van der Waals surface area (Å²) < 4.78 is 7.57. The van der Waals surface area contributed by atoms with Crippen molar-refractivity contribution in [1.82, 2.24) is 4.57 Å². The first-order chi connectivity index (χ1) is 13.2. The third-order valence-electron chi connectivity index (χ3n) is 4.14. The zero-order valence-electron chi connectivity index (χ0n) is 15.2. The van der Waals surface area contributed by atoms with Crippen LogP contribution in [0.2, 0.25) is 0 Å². The number of ether oxygens (including phenoxy) is 1. The number of benzene rings is 2. The molecule has 5 heteroatoms. The SMILES string of the molecule is CCOc1ccccc1NC(=O)/C=C/c1cn(CCC#N)c2ccccc12. The van der Waals surface area contributed by atoms with E-state index in [1.165, 1.54) is 6.08 Å². The Labute approximate surface area is 158 Å². The van der Waals surface area contributed by atoms with Gasteiger partial charge < -0.3 is 14.6 Å². The van der Waals surface area contributed by atoms with Crippen LogP contribution in [-0.4, -0.2) is 17.1 Å². The van der Waals surface area contributed by atoms with Gasteiger partial charge in [0, 0.05) is 35.3 Å². The lowest BCUT2D eigenvalue weighted by Gasteiger charge is -2.09. The smallest absolute Gasteiger partial charge is 0.248 e. The Morgan fingerprint density at radius 2 is 2.00 bits per heavy atom. The van der Waals surface area contributed by atoms with Crippen LogP contribution in [0.1, 0.15) is 18.9 Å². The number of amides is 1. The number of nitrogens with zero attached hydrogens (tertiary/aromatic N) is 2. The largest absolute Gasteiger partial charge is 0.492 e. The Bertz CT molecular complexity index is 1010. The monoisotopic (exact) mass is 359 g/mol. The molecule has 0 saturated heterocycles. The second-order valence-corrected chi connectivity index (χ2v) is 5.95. The van der Waals surface area contributed by atoms with Gasteiger partial charge in [0.2, 0.25) is 5.91 Å². The molecule has 136 valence electrons. The molecule has 0 aliphatic carbocycles. The highest BCUT2D eigenvalue weighted by Crippen LogP contribution is 2.25. The predicted molar refractivity (Wildman–Crippen MR) is 107 cm³/mol. The number of nitrogens with one attached hydrogen (secondary N) is 1. The zero-order valence-corrected chi connectivity index (χ0v) is 15.2. The molecule has 5 nitrogen and oxygen atoms in total. The van der Waals surface area contributed by atoms with E-state index in [4.69, 9.17) is 10.00 Å². The maximum atomic E-state index is 12.4. The summed E-state index contributed by atoms with van der Waals surface area (Å²) in [6.45, 7) is 3.06. The van der Waals surface area contributed by atoms with Crippen molar-refractivity contribution in [2.45, 2.75) is 19.9 Å². The summed E-state index contributed by atoms with van der Waals surface area (Å²) in [5, 5.41) is 12.7. The van der Waals surface area contributed by atoms with Crippen LogP contribution in [-0.2, 0) is 11.3 Å². The molecule has 3 aromatic rings. The summed E-state index contributed by atoms with van der Waals surface area (Å²) in [7, 11) is 0. The number of fused-ring (bicyclic) bond motifs is 1. The first-order valence-electron chi connectivity index (χ1n) is 8.88. The average Bonchev–Trinajstić information content (AvgIpc) is 3.04. The van der Waals surface area contributed by atoms with Crippen molar-refractivity contribution in [3.8, 4) is 11.8 Å². The van der Waals surface area contributed by atoms with Gasteiger partial charge >= 0.3 is 0 Å². The summed E-state index contributed by atoms with van der Waals surface area (Å²) in [5.41, 5.74) is 2.64. The van der Waals surface area contributed by atoms with E-state index in [2.05, 4.69) is 11.4 Å². The fourth-order valence-corrected chi connectivity index (χ4v) is 2.95. The van der Waals surface area contributed by atoms with Crippen LogP contribution in [0.4, 0.5) is 5.69 Å². The molecule has 0 bridgehead atoms. The van der Waals surface area contributed by atoms with Crippen LogP contribution in [0.25, 0.3) is 17.0 Å². The Morgan fingerprint density at radius 1 is 1.22 bits per heavy atom. The van der Waals surface area contributed by atoms with E-state index in [9.17, 15) is 4.79 Å². The Kier molecular flexibility index (Phi) is 5.91. The Hall–Kier alpha value is -3.52. The third-order valence-corrected chi connectivity index (χ3v) is 4.14. The minimum atomic E-state index is -0.226. The van der Waals surface area contributed by atoms with Crippen molar-refractivity contribution >= 4 is 28.6 Å². The fourth-order valence-electron chi connectivity index (χ4n) is 2.95. The molecule has 0 spiro atoms. The number of carbonyl (C=O) groups is 1. The van der Waals surface area contributed by atoms with Crippen molar-refractivity contribution in [2.24, 2.45) is 0 Å². The first kappa shape index (κ1) is 18.3. The van der Waals surface area contributed by atoms with E-state index in [-0.39, 0.29) is 5.91 Å². The Balaban J connectivity index is 1.80. The normalized spacial score (nSPS) is 10.8. The van der Waals surface area contributed by atoms with E-state index in [1.807, 2.05) is 66.2 Å². The number of anilines is 1. The molecule has 1 N–H and O–H groups in total. The van der Waals surface area contributed by atoms with E-state index in [0.29, 0.717) is 31.0 Å². The molecule has 0 fully saturated rings. The van der Waals surface area contributed by atoms with Crippen LogP contribution in [0.3, 0.4) is 0 Å². The molecule has 1 aromatic heterocycles. The number of nitriles is 1. The number of aromatic nitrogens is 1. The molecule has 3 rings (SSSR count). The van der Waals surface area contributed by atoms with Gasteiger partial charge in [0.1, 0.15) is 5.75 Å². The summed E-state index contributed by atoms with van der Waals surface area (Å²) in [6, 6.07) is 17.5. The van der Waals surface area contributed by atoms with Gasteiger partial charge in [0.15, 0.2) is 0 Å². The van der Waals surface area contributed by atoms with Crippen LogP contribution < -0.4 is 10.1 Å². The van der Waals surface area contributed by atoms with Crippen molar-refractivity contribution in [2.75, 3.05) is 11.9 Å². The summed E-state index contributed by atoms with van der Waals surface area (Å²) >= 11 is 0. The maximum Gasteiger partial charge on any atom is 0.248 e.